The molecular weight excluding hydrogens is 643 g/mol. The van der Waals surface area contributed by atoms with E-state index in [9.17, 15) is 23.6 Å². The van der Waals surface area contributed by atoms with Crippen LogP contribution < -0.4 is 15.4 Å². The first-order valence-electron chi connectivity index (χ1n) is 16.1. The molecule has 4 rings (SSSR count). The molecule has 10 nitrogen and oxygen atoms in total. The summed E-state index contributed by atoms with van der Waals surface area (Å²) < 4.78 is 36.4. The van der Waals surface area contributed by atoms with Crippen molar-refractivity contribution in [3.8, 4) is 5.75 Å². The molecule has 3 unspecified atom stereocenters. The van der Waals surface area contributed by atoms with E-state index < -0.39 is 47.4 Å². The molecule has 0 spiro atoms. The number of carbonyl (C=O) groups excluding carboxylic acids is 4. The lowest BCUT2D eigenvalue weighted by Gasteiger charge is -2.29. The van der Waals surface area contributed by atoms with Crippen molar-refractivity contribution in [3.63, 3.8) is 0 Å². The monoisotopic (exact) mass is 686 g/mol. The number of rotatable bonds is 8. The van der Waals surface area contributed by atoms with E-state index in [1.165, 1.54) is 25.3 Å². The third-order valence-electron chi connectivity index (χ3n) is 8.48. The number of benzene rings is 2. The van der Waals surface area contributed by atoms with Crippen LogP contribution in [0.25, 0.3) is 0 Å². The van der Waals surface area contributed by atoms with Crippen LogP contribution in [-0.4, -0.2) is 61.8 Å². The molecule has 2 heterocycles. The number of hydrogen-bond acceptors (Lipinski definition) is 8. The molecule has 0 aliphatic carbocycles. The Morgan fingerprint density at radius 3 is 2.40 bits per heavy atom. The molecule has 0 radical (unpaired) electrons. The number of carbonyl (C=O) groups is 4. The van der Waals surface area contributed by atoms with Gasteiger partial charge in [-0.3, -0.25) is 14.4 Å². The maximum atomic E-state index is 13.6. The van der Waals surface area contributed by atoms with Crippen LogP contribution in [0.3, 0.4) is 0 Å². The number of amides is 2. The summed E-state index contributed by atoms with van der Waals surface area (Å²) in [5, 5.41) is 5.85. The van der Waals surface area contributed by atoms with Crippen LogP contribution in [0.1, 0.15) is 64.7 Å². The van der Waals surface area contributed by atoms with Crippen LogP contribution in [0.5, 0.6) is 5.75 Å². The van der Waals surface area contributed by atoms with Crippen molar-refractivity contribution in [2.24, 2.45) is 17.3 Å². The van der Waals surface area contributed by atoms with Gasteiger partial charge in [-0.15, -0.1) is 0 Å². The molecule has 12 heteroatoms. The Balaban J connectivity index is 1.61. The second-order valence-corrected chi connectivity index (χ2v) is 13.8. The highest BCUT2D eigenvalue weighted by molar-refractivity contribution is 6.32. The van der Waals surface area contributed by atoms with Gasteiger partial charge >= 0.3 is 11.9 Å². The Morgan fingerprint density at radius 2 is 1.75 bits per heavy atom. The van der Waals surface area contributed by atoms with E-state index in [-0.39, 0.29) is 55.7 Å². The number of halogens is 2. The highest BCUT2D eigenvalue weighted by atomic mass is 35.5. The maximum Gasteiger partial charge on any atom is 0.347 e. The summed E-state index contributed by atoms with van der Waals surface area (Å²) >= 11 is 6.31. The van der Waals surface area contributed by atoms with Crippen molar-refractivity contribution in [1.29, 1.82) is 0 Å². The molecule has 0 bridgehead atoms. The molecule has 2 amide bonds. The van der Waals surface area contributed by atoms with E-state index in [0.717, 1.165) is 5.56 Å². The molecule has 260 valence electrons. The smallest absolute Gasteiger partial charge is 0.347 e. The molecule has 2 aromatic rings. The molecule has 2 N–H and O–H groups in total. The van der Waals surface area contributed by atoms with Gasteiger partial charge < -0.3 is 29.6 Å². The van der Waals surface area contributed by atoms with Crippen molar-refractivity contribution in [3.05, 3.63) is 76.6 Å². The minimum Gasteiger partial charge on any atom is -0.495 e. The van der Waals surface area contributed by atoms with Gasteiger partial charge in [-0.2, -0.15) is 0 Å². The fourth-order valence-electron chi connectivity index (χ4n) is 5.47. The van der Waals surface area contributed by atoms with Gasteiger partial charge in [-0.25, -0.2) is 9.18 Å². The van der Waals surface area contributed by atoms with Gasteiger partial charge in [0.05, 0.1) is 23.7 Å². The molecule has 2 aliphatic heterocycles. The summed E-state index contributed by atoms with van der Waals surface area (Å²) in [4.78, 5) is 53.6. The van der Waals surface area contributed by atoms with E-state index in [0.29, 0.717) is 16.3 Å². The molecule has 2 aliphatic rings. The first kappa shape index (κ1) is 36.9. The van der Waals surface area contributed by atoms with Crippen LogP contribution in [0.15, 0.2) is 54.6 Å². The quantitative estimate of drug-likeness (QED) is 0.284. The number of methoxy groups -OCH3 is 1. The zero-order valence-electron chi connectivity index (χ0n) is 28.1. The SMILES string of the molecule is COc1ccc(C[C@H]2NC(=O)C=CCC([C@H](C)C3OC3c3ccc(F)cc3)OC(=O)[C@H](CC(C)C)OC(=O)C(C)(C)CNC2=O)cc1Cl. The maximum absolute atomic E-state index is 13.6. The standard InChI is InChI=1S/C36H44ClFN2O8/c1-20(2)16-29-34(43)46-27(21(3)31-32(48-31)23-11-13-24(38)14-12-23)8-7-9-30(41)40-26(18-22-10-15-28(45-6)25(37)17-22)33(42)39-19-36(4,5)35(44)47-29/h7,9-15,17,20-21,26-27,29,31-32H,8,16,18-19H2,1-6H3,(H,39,42)(H,40,41)/t21-,26+,27?,29-,31?,32?/m0/s1. The van der Waals surface area contributed by atoms with Crippen LogP contribution >= 0.6 is 11.6 Å². The molecule has 1 saturated heterocycles. The highest BCUT2D eigenvalue weighted by Crippen LogP contribution is 2.45. The van der Waals surface area contributed by atoms with Gasteiger partial charge in [0.25, 0.3) is 0 Å². The van der Waals surface area contributed by atoms with E-state index in [2.05, 4.69) is 10.6 Å². The zero-order chi connectivity index (χ0) is 35.2. The molecule has 6 atom stereocenters. The lowest BCUT2D eigenvalue weighted by molar-refractivity contribution is -0.179. The second-order valence-electron chi connectivity index (χ2n) is 13.4. The van der Waals surface area contributed by atoms with Crippen molar-refractivity contribution in [2.45, 2.75) is 84.3 Å². The molecule has 2 aromatic carbocycles. The van der Waals surface area contributed by atoms with Crippen LogP contribution in [0.2, 0.25) is 5.02 Å². The van der Waals surface area contributed by atoms with E-state index >= 15 is 0 Å². The van der Waals surface area contributed by atoms with Crippen molar-refractivity contribution in [2.75, 3.05) is 13.7 Å². The third kappa shape index (κ3) is 9.79. The molecular formula is C36H44ClFN2O8. The normalized spacial score (nSPS) is 25.8. The number of nitrogens with one attached hydrogen (secondary N) is 2. The van der Waals surface area contributed by atoms with Crippen LogP contribution in [0.4, 0.5) is 4.39 Å². The number of epoxide rings is 1. The van der Waals surface area contributed by atoms with Gasteiger partial charge in [0.15, 0.2) is 6.10 Å². The molecule has 1 fully saturated rings. The number of cyclic esters (lactones) is 2. The van der Waals surface area contributed by atoms with E-state index in [4.69, 9.17) is 30.5 Å². The largest absolute Gasteiger partial charge is 0.495 e. The van der Waals surface area contributed by atoms with Gasteiger partial charge in [0.2, 0.25) is 11.8 Å². The Labute approximate surface area is 285 Å². The van der Waals surface area contributed by atoms with Crippen molar-refractivity contribution < 1.29 is 42.5 Å². The fraction of sp³-hybridized carbons (Fsp3) is 0.500. The molecule has 48 heavy (non-hydrogen) atoms. The summed E-state index contributed by atoms with van der Waals surface area (Å²) in [5.41, 5.74) is 0.242. The second kappa shape index (κ2) is 16.0. The predicted octanol–water partition coefficient (Wildman–Crippen LogP) is 5.26. The lowest BCUT2D eigenvalue weighted by Crippen LogP contribution is -2.51. The summed E-state index contributed by atoms with van der Waals surface area (Å²) in [5.74, 6) is -2.70. The lowest BCUT2D eigenvalue weighted by atomic mass is 9.92. The van der Waals surface area contributed by atoms with Gasteiger partial charge in [0.1, 0.15) is 29.8 Å². The van der Waals surface area contributed by atoms with E-state index in [1.54, 1.807) is 50.3 Å². The van der Waals surface area contributed by atoms with Gasteiger partial charge in [0, 0.05) is 25.3 Å². The number of hydrogen-bond donors (Lipinski definition) is 2. The first-order chi connectivity index (χ1) is 22.7. The summed E-state index contributed by atoms with van der Waals surface area (Å²) in [6.45, 7) is 8.74. The Kier molecular flexibility index (Phi) is 12.3. The third-order valence-corrected chi connectivity index (χ3v) is 8.77. The van der Waals surface area contributed by atoms with Gasteiger partial charge in [-0.05, 0) is 67.7 Å². The van der Waals surface area contributed by atoms with Crippen molar-refractivity contribution in [1.82, 2.24) is 10.6 Å². The highest BCUT2D eigenvalue weighted by Gasteiger charge is 2.48. The Hall–Kier alpha value is -3.96. The number of esters is 2. The topological polar surface area (TPSA) is 133 Å². The number of ether oxygens (including phenoxy) is 4. The minimum atomic E-state index is -1.23. The Bertz CT molecular complexity index is 1510. The first-order valence-corrected chi connectivity index (χ1v) is 16.5. The van der Waals surface area contributed by atoms with Gasteiger partial charge in [-0.1, -0.05) is 56.6 Å². The summed E-state index contributed by atoms with van der Waals surface area (Å²) in [6.07, 6.45) is 0.718. The van der Waals surface area contributed by atoms with Crippen LogP contribution in [-0.2, 0) is 39.8 Å². The average molecular weight is 687 g/mol. The Morgan fingerprint density at radius 1 is 1.04 bits per heavy atom. The average Bonchev–Trinajstić information content (AvgIpc) is 3.83. The van der Waals surface area contributed by atoms with Crippen molar-refractivity contribution >= 4 is 35.4 Å². The van der Waals surface area contributed by atoms with Crippen LogP contribution in [0, 0.1) is 23.1 Å². The minimum absolute atomic E-state index is 0.00920. The summed E-state index contributed by atoms with van der Waals surface area (Å²) in [7, 11) is 1.49. The predicted molar refractivity (Wildman–Crippen MR) is 177 cm³/mol. The molecule has 0 saturated carbocycles. The fourth-order valence-corrected chi connectivity index (χ4v) is 5.75. The zero-order valence-corrected chi connectivity index (χ0v) is 28.8. The molecule has 0 aromatic heterocycles. The summed E-state index contributed by atoms with van der Waals surface area (Å²) in [6, 6.07) is 10.1. The van der Waals surface area contributed by atoms with E-state index in [1.807, 2.05) is 20.8 Å².